The third kappa shape index (κ3) is 1.95. The molecule has 92 valence electrons. The zero-order chi connectivity index (χ0) is 13.2. The maximum atomic E-state index is 12.2. The van der Waals surface area contributed by atoms with E-state index in [1.807, 2.05) is 30.3 Å². The number of ketones is 2. The zero-order valence-electron chi connectivity index (χ0n) is 10.1. The third-order valence-corrected chi connectivity index (χ3v) is 3.07. The minimum absolute atomic E-state index is 0.351. The van der Waals surface area contributed by atoms with Gasteiger partial charge in [0.1, 0.15) is 0 Å². The number of carbonyl (C=O) groups is 2. The van der Waals surface area contributed by atoms with Gasteiger partial charge in [-0.1, -0.05) is 54.6 Å². The maximum Gasteiger partial charge on any atom is 0.250 e. The van der Waals surface area contributed by atoms with Crippen LogP contribution in [0.15, 0.2) is 60.8 Å². The quantitative estimate of drug-likeness (QED) is 0.572. The van der Waals surface area contributed by atoms with Gasteiger partial charge in [0.2, 0.25) is 11.6 Å². The number of hydrogen-bond donors (Lipinski definition) is 1. The molecule has 0 saturated heterocycles. The fourth-order valence-corrected chi connectivity index (χ4v) is 2.10. The summed E-state index contributed by atoms with van der Waals surface area (Å²) in [5.41, 5.74) is 0.760. The second-order valence-corrected chi connectivity index (χ2v) is 4.28. The van der Waals surface area contributed by atoms with Gasteiger partial charge in [0.15, 0.2) is 0 Å². The van der Waals surface area contributed by atoms with Crippen molar-refractivity contribution in [2.45, 2.75) is 0 Å². The number of fused-ring (bicyclic) bond motifs is 1. The van der Waals surface area contributed by atoms with E-state index in [4.69, 9.17) is 0 Å². The fraction of sp³-hybridized carbons (Fsp3) is 0. The molecule has 0 aliphatic heterocycles. The molecule has 0 aliphatic rings. The Hall–Kier alpha value is -2.68. The van der Waals surface area contributed by atoms with Crippen molar-refractivity contribution in [1.82, 2.24) is 4.98 Å². The molecule has 3 aromatic rings. The topological polar surface area (TPSA) is 49.9 Å². The van der Waals surface area contributed by atoms with E-state index in [0.717, 1.165) is 10.8 Å². The summed E-state index contributed by atoms with van der Waals surface area (Å²) < 4.78 is 0. The molecule has 3 heteroatoms. The van der Waals surface area contributed by atoms with Gasteiger partial charge in [-0.15, -0.1) is 0 Å². The van der Waals surface area contributed by atoms with Gasteiger partial charge in [-0.05, 0) is 5.39 Å². The van der Waals surface area contributed by atoms with Gasteiger partial charge < -0.3 is 4.98 Å². The highest BCUT2D eigenvalue weighted by Gasteiger charge is 2.21. The molecule has 0 atom stereocenters. The molecule has 19 heavy (non-hydrogen) atoms. The monoisotopic (exact) mass is 249 g/mol. The molecule has 0 radical (unpaired) electrons. The Labute approximate surface area is 109 Å². The van der Waals surface area contributed by atoms with Gasteiger partial charge in [-0.2, -0.15) is 0 Å². The summed E-state index contributed by atoms with van der Waals surface area (Å²) in [5.74, 6) is -0.999. The van der Waals surface area contributed by atoms with Crippen molar-refractivity contribution in [3.05, 3.63) is 72.1 Å². The maximum absolute atomic E-state index is 12.2. The van der Waals surface area contributed by atoms with E-state index >= 15 is 0 Å². The van der Waals surface area contributed by atoms with E-state index < -0.39 is 11.6 Å². The number of benzene rings is 2. The van der Waals surface area contributed by atoms with Gasteiger partial charge >= 0.3 is 0 Å². The number of nitrogens with one attached hydrogen (secondary N) is 1. The lowest BCUT2D eigenvalue weighted by Crippen LogP contribution is -2.14. The summed E-state index contributed by atoms with van der Waals surface area (Å²) in [4.78, 5) is 27.3. The molecule has 3 rings (SSSR count). The van der Waals surface area contributed by atoms with Gasteiger partial charge in [0.05, 0.1) is 5.69 Å². The van der Waals surface area contributed by atoms with Gasteiger partial charge in [-0.25, -0.2) is 0 Å². The van der Waals surface area contributed by atoms with Crippen LogP contribution in [0, 0.1) is 0 Å². The Morgan fingerprint density at radius 3 is 2.26 bits per heavy atom. The lowest BCUT2D eigenvalue weighted by atomic mass is 10.0. The predicted octanol–water partition coefficient (Wildman–Crippen LogP) is 3.23. The summed E-state index contributed by atoms with van der Waals surface area (Å²) >= 11 is 0. The first kappa shape index (κ1) is 11.4. The van der Waals surface area contributed by atoms with Gasteiger partial charge in [0.25, 0.3) is 0 Å². The minimum atomic E-state index is -0.507. The SMILES string of the molecule is O=C(C(=O)c1[nH]cc2ccccc12)c1ccccc1. The molecular formula is C16H11NO2. The summed E-state index contributed by atoms with van der Waals surface area (Å²) in [6.45, 7) is 0. The van der Waals surface area contributed by atoms with Crippen molar-refractivity contribution in [3.63, 3.8) is 0 Å². The van der Waals surface area contributed by atoms with Crippen molar-refractivity contribution >= 4 is 22.3 Å². The second kappa shape index (κ2) is 4.53. The summed E-state index contributed by atoms with van der Waals surface area (Å²) in [7, 11) is 0. The normalized spacial score (nSPS) is 10.5. The van der Waals surface area contributed by atoms with Crippen molar-refractivity contribution in [2.24, 2.45) is 0 Å². The molecule has 1 heterocycles. The largest absolute Gasteiger partial charge is 0.357 e. The highest BCUT2D eigenvalue weighted by molar-refractivity contribution is 6.50. The van der Waals surface area contributed by atoms with Crippen LogP contribution in [0.25, 0.3) is 10.8 Å². The van der Waals surface area contributed by atoms with Crippen LogP contribution in [0.1, 0.15) is 20.8 Å². The highest BCUT2D eigenvalue weighted by Crippen LogP contribution is 2.19. The second-order valence-electron chi connectivity index (χ2n) is 4.28. The Morgan fingerprint density at radius 1 is 0.789 bits per heavy atom. The van der Waals surface area contributed by atoms with Crippen LogP contribution < -0.4 is 0 Å². The van der Waals surface area contributed by atoms with Gasteiger partial charge in [-0.3, -0.25) is 9.59 Å². The lowest BCUT2D eigenvalue weighted by molar-refractivity contribution is 0.0815. The molecule has 0 amide bonds. The first-order valence-corrected chi connectivity index (χ1v) is 5.97. The highest BCUT2D eigenvalue weighted by atomic mass is 16.2. The van der Waals surface area contributed by atoms with Crippen LogP contribution in [0.3, 0.4) is 0 Å². The summed E-state index contributed by atoms with van der Waals surface area (Å²) in [5, 5.41) is 1.70. The molecule has 0 spiro atoms. The number of carbonyl (C=O) groups excluding carboxylic acids is 2. The predicted molar refractivity (Wildman–Crippen MR) is 73.4 cm³/mol. The molecule has 0 saturated carbocycles. The van der Waals surface area contributed by atoms with Crippen molar-refractivity contribution in [3.8, 4) is 0 Å². The van der Waals surface area contributed by atoms with Crippen molar-refractivity contribution in [1.29, 1.82) is 0 Å². The molecular weight excluding hydrogens is 238 g/mol. The first-order valence-electron chi connectivity index (χ1n) is 5.97. The van der Waals surface area contributed by atoms with E-state index in [-0.39, 0.29) is 0 Å². The number of H-pyrrole nitrogens is 1. The van der Waals surface area contributed by atoms with Gasteiger partial charge in [0, 0.05) is 17.1 Å². The van der Waals surface area contributed by atoms with Crippen LogP contribution in [0.5, 0.6) is 0 Å². The standard InChI is InChI=1S/C16H11NO2/c18-15(11-6-2-1-3-7-11)16(19)14-13-9-5-4-8-12(13)10-17-14/h1-10,17H. The van der Waals surface area contributed by atoms with Crippen LogP contribution in [0.4, 0.5) is 0 Å². The van der Waals surface area contributed by atoms with Crippen molar-refractivity contribution < 1.29 is 9.59 Å². The lowest BCUT2D eigenvalue weighted by Gasteiger charge is -1.99. The van der Waals surface area contributed by atoms with Crippen LogP contribution in [-0.4, -0.2) is 16.6 Å². The first-order chi connectivity index (χ1) is 9.27. The average molecular weight is 249 g/mol. The molecule has 1 N–H and O–H groups in total. The van der Waals surface area contributed by atoms with Crippen LogP contribution in [0.2, 0.25) is 0 Å². The number of rotatable bonds is 3. The third-order valence-electron chi connectivity index (χ3n) is 3.07. The zero-order valence-corrected chi connectivity index (χ0v) is 10.1. The fourth-order valence-electron chi connectivity index (χ4n) is 2.10. The number of Topliss-reactive ketones (excluding diaryl/α,β-unsaturated/α-hetero) is 2. The minimum Gasteiger partial charge on any atom is -0.357 e. The van der Waals surface area contributed by atoms with Crippen LogP contribution in [-0.2, 0) is 0 Å². The molecule has 0 aliphatic carbocycles. The van der Waals surface area contributed by atoms with Crippen LogP contribution >= 0.6 is 0 Å². The van der Waals surface area contributed by atoms with E-state index in [1.165, 1.54) is 0 Å². The molecule has 0 bridgehead atoms. The molecule has 3 nitrogen and oxygen atoms in total. The number of aromatic amines is 1. The Kier molecular flexibility index (Phi) is 2.72. The summed E-state index contributed by atoms with van der Waals surface area (Å²) in [6, 6.07) is 16.1. The van der Waals surface area contributed by atoms with E-state index in [0.29, 0.717) is 11.3 Å². The van der Waals surface area contributed by atoms with E-state index in [1.54, 1.807) is 30.5 Å². The summed E-state index contributed by atoms with van der Waals surface area (Å²) in [6.07, 6.45) is 1.74. The van der Waals surface area contributed by atoms with Crippen molar-refractivity contribution in [2.75, 3.05) is 0 Å². The van der Waals surface area contributed by atoms with E-state index in [2.05, 4.69) is 4.98 Å². The number of hydrogen-bond acceptors (Lipinski definition) is 2. The van der Waals surface area contributed by atoms with E-state index in [9.17, 15) is 9.59 Å². The average Bonchev–Trinajstić information content (AvgIpc) is 2.90. The Balaban J connectivity index is 2.03. The Bertz CT molecular complexity index is 757. The number of aromatic nitrogens is 1. The Morgan fingerprint density at radius 2 is 1.47 bits per heavy atom. The molecule has 1 aromatic heterocycles. The smallest absolute Gasteiger partial charge is 0.250 e. The molecule has 2 aromatic carbocycles. The molecule has 0 fully saturated rings. The molecule has 0 unspecified atom stereocenters.